The first-order chi connectivity index (χ1) is 14.8. The zero-order chi connectivity index (χ0) is 22.9. The molecule has 0 bridgehead atoms. The predicted octanol–water partition coefficient (Wildman–Crippen LogP) is 4.97. The van der Waals surface area contributed by atoms with Crippen molar-refractivity contribution in [1.82, 2.24) is 10.2 Å². The van der Waals surface area contributed by atoms with Crippen LogP contribution in [0, 0.1) is 0 Å². The highest BCUT2D eigenvalue weighted by Gasteiger charge is 2.29. The third kappa shape index (κ3) is 7.67. The van der Waals surface area contributed by atoms with E-state index in [-0.39, 0.29) is 11.7 Å². The SMILES string of the molecule is CCCN(CCC)CCNC(=O)C(C)(C)Oc1ccc(C(=O)c2ccc(Cl)cc2)cc1. The number of nitrogens with zero attached hydrogens (tertiary/aromatic N) is 1. The van der Waals surface area contributed by atoms with Gasteiger partial charge in [-0.25, -0.2) is 0 Å². The third-order valence-corrected chi connectivity index (χ3v) is 5.19. The number of benzene rings is 2. The molecule has 0 aromatic heterocycles. The topological polar surface area (TPSA) is 58.6 Å². The first kappa shape index (κ1) is 24.9. The summed E-state index contributed by atoms with van der Waals surface area (Å²) in [4.78, 5) is 27.6. The van der Waals surface area contributed by atoms with E-state index in [1.54, 1.807) is 62.4 Å². The van der Waals surface area contributed by atoms with Crippen molar-refractivity contribution in [3.05, 3.63) is 64.7 Å². The molecule has 0 aliphatic rings. The van der Waals surface area contributed by atoms with Gasteiger partial charge in [0.15, 0.2) is 11.4 Å². The van der Waals surface area contributed by atoms with Crippen LogP contribution < -0.4 is 10.1 Å². The van der Waals surface area contributed by atoms with Gasteiger partial charge in [-0.3, -0.25) is 9.59 Å². The van der Waals surface area contributed by atoms with Gasteiger partial charge in [-0.05, 0) is 88.3 Å². The van der Waals surface area contributed by atoms with Gasteiger partial charge in [-0.2, -0.15) is 0 Å². The minimum absolute atomic E-state index is 0.0936. The molecule has 5 nitrogen and oxygen atoms in total. The van der Waals surface area contributed by atoms with Gasteiger partial charge < -0.3 is 15.0 Å². The van der Waals surface area contributed by atoms with Crippen LogP contribution >= 0.6 is 11.6 Å². The first-order valence-corrected chi connectivity index (χ1v) is 11.2. The van der Waals surface area contributed by atoms with Crippen molar-refractivity contribution < 1.29 is 14.3 Å². The summed E-state index contributed by atoms with van der Waals surface area (Å²) in [5, 5.41) is 3.56. The van der Waals surface area contributed by atoms with Gasteiger partial charge in [0.2, 0.25) is 0 Å². The fourth-order valence-electron chi connectivity index (χ4n) is 3.29. The van der Waals surface area contributed by atoms with Crippen LogP contribution in [0.5, 0.6) is 5.75 Å². The Balaban J connectivity index is 1.92. The Morgan fingerprint density at radius 1 is 0.903 bits per heavy atom. The van der Waals surface area contributed by atoms with Crippen LogP contribution in [0.15, 0.2) is 48.5 Å². The smallest absolute Gasteiger partial charge is 0.263 e. The molecule has 0 radical (unpaired) electrons. The summed E-state index contributed by atoms with van der Waals surface area (Å²) in [6.45, 7) is 11.3. The number of carbonyl (C=O) groups is 2. The first-order valence-electron chi connectivity index (χ1n) is 10.9. The molecular formula is C25H33ClN2O3. The molecule has 2 aromatic rings. The Labute approximate surface area is 190 Å². The fourth-order valence-corrected chi connectivity index (χ4v) is 3.42. The van der Waals surface area contributed by atoms with E-state index in [0.29, 0.717) is 28.4 Å². The molecule has 0 spiro atoms. The molecule has 0 saturated carbocycles. The molecule has 31 heavy (non-hydrogen) atoms. The average molecular weight is 445 g/mol. The molecule has 0 aliphatic carbocycles. The normalized spacial score (nSPS) is 11.4. The van der Waals surface area contributed by atoms with Crippen molar-refractivity contribution in [1.29, 1.82) is 0 Å². The minimum atomic E-state index is -1.03. The van der Waals surface area contributed by atoms with Crippen molar-refractivity contribution in [2.75, 3.05) is 26.2 Å². The monoisotopic (exact) mass is 444 g/mol. The van der Waals surface area contributed by atoms with Crippen LogP contribution in [-0.4, -0.2) is 48.4 Å². The maximum Gasteiger partial charge on any atom is 0.263 e. The molecule has 1 N–H and O–H groups in total. The Hall–Kier alpha value is -2.37. The predicted molar refractivity (Wildman–Crippen MR) is 126 cm³/mol. The van der Waals surface area contributed by atoms with E-state index >= 15 is 0 Å². The van der Waals surface area contributed by atoms with E-state index in [1.807, 2.05) is 0 Å². The highest BCUT2D eigenvalue weighted by atomic mass is 35.5. The van der Waals surface area contributed by atoms with Gasteiger partial charge in [0, 0.05) is 29.2 Å². The average Bonchev–Trinajstić information content (AvgIpc) is 2.74. The molecule has 0 aliphatic heterocycles. The van der Waals surface area contributed by atoms with Crippen LogP contribution in [0.1, 0.15) is 56.5 Å². The number of rotatable bonds is 12. The largest absolute Gasteiger partial charge is 0.478 e. The molecule has 0 fully saturated rings. The Morgan fingerprint density at radius 3 is 1.94 bits per heavy atom. The molecule has 1 amide bonds. The number of hydrogen-bond acceptors (Lipinski definition) is 4. The van der Waals surface area contributed by atoms with Crippen molar-refractivity contribution in [2.24, 2.45) is 0 Å². The number of ketones is 1. The lowest BCUT2D eigenvalue weighted by molar-refractivity contribution is -0.134. The molecule has 0 atom stereocenters. The summed E-state index contributed by atoms with van der Waals surface area (Å²) in [6.07, 6.45) is 2.19. The van der Waals surface area contributed by atoms with E-state index in [9.17, 15) is 9.59 Å². The molecule has 0 heterocycles. The van der Waals surface area contributed by atoms with Crippen LogP contribution in [0.4, 0.5) is 0 Å². The van der Waals surface area contributed by atoms with Crippen molar-refractivity contribution >= 4 is 23.3 Å². The maximum absolute atomic E-state index is 12.6. The molecule has 2 aromatic carbocycles. The van der Waals surface area contributed by atoms with Gasteiger partial charge in [0.25, 0.3) is 5.91 Å². The number of ether oxygens (including phenoxy) is 1. The van der Waals surface area contributed by atoms with Gasteiger partial charge in [-0.1, -0.05) is 25.4 Å². The Kier molecular flexibility index (Phi) is 9.53. The van der Waals surface area contributed by atoms with Crippen molar-refractivity contribution in [2.45, 2.75) is 46.1 Å². The Morgan fingerprint density at radius 2 is 1.42 bits per heavy atom. The lowest BCUT2D eigenvalue weighted by atomic mass is 10.0. The summed E-state index contributed by atoms with van der Waals surface area (Å²) in [5.41, 5.74) is 0.0871. The second-order valence-corrected chi connectivity index (χ2v) is 8.51. The van der Waals surface area contributed by atoms with Crippen molar-refractivity contribution in [3.8, 4) is 5.75 Å². The molecule has 0 saturated heterocycles. The van der Waals surface area contributed by atoms with Gasteiger partial charge in [-0.15, -0.1) is 0 Å². The quantitative estimate of drug-likeness (QED) is 0.470. The lowest BCUT2D eigenvalue weighted by Gasteiger charge is -2.27. The Bertz CT molecular complexity index is 842. The summed E-state index contributed by atoms with van der Waals surface area (Å²) in [5.74, 6) is 0.275. The van der Waals surface area contributed by atoms with E-state index in [0.717, 1.165) is 32.5 Å². The molecule has 6 heteroatoms. The van der Waals surface area contributed by atoms with E-state index < -0.39 is 5.60 Å². The van der Waals surface area contributed by atoms with Gasteiger partial charge in [0.1, 0.15) is 5.75 Å². The molecule has 2 rings (SSSR count). The second-order valence-electron chi connectivity index (χ2n) is 8.07. The van der Waals surface area contributed by atoms with Crippen LogP contribution in [0.3, 0.4) is 0 Å². The zero-order valence-electron chi connectivity index (χ0n) is 18.9. The summed E-state index contributed by atoms with van der Waals surface area (Å²) in [6, 6.07) is 13.6. The van der Waals surface area contributed by atoms with E-state index in [1.165, 1.54) is 0 Å². The summed E-state index contributed by atoms with van der Waals surface area (Å²) >= 11 is 5.88. The summed E-state index contributed by atoms with van der Waals surface area (Å²) < 4.78 is 5.92. The number of nitrogens with one attached hydrogen (secondary N) is 1. The standard InChI is InChI=1S/C25H33ClN2O3/c1-5-16-28(17-6-2)18-15-27-24(30)25(3,4)31-22-13-9-20(10-14-22)23(29)19-7-11-21(26)12-8-19/h7-14H,5-6,15-18H2,1-4H3,(H,27,30). The van der Waals surface area contributed by atoms with E-state index in [4.69, 9.17) is 16.3 Å². The lowest BCUT2D eigenvalue weighted by Crippen LogP contribution is -2.48. The van der Waals surface area contributed by atoms with Crippen LogP contribution in [-0.2, 0) is 4.79 Å². The fraction of sp³-hybridized carbons (Fsp3) is 0.440. The number of halogens is 1. The zero-order valence-corrected chi connectivity index (χ0v) is 19.7. The van der Waals surface area contributed by atoms with Crippen LogP contribution in [0.25, 0.3) is 0 Å². The molecule has 0 unspecified atom stereocenters. The number of amides is 1. The van der Waals surface area contributed by atoms with E-state index in [2.05, 4.69) is 24.1 Å². The highest BCUT2D eigenvalue weighted by Crippen LogP contribution is 2.21. The summed E-state index contributed by atoms with van der Waals surface area (Å²) in [7, 11) is 0. The maximum atomic E-state index is 12.6. The molecule has 168 valence electrons. The van der Waals surface area contributed by atoms with Gasteiger partial charge >= 0.3 is 0 Å². The second kappa shape index (κ2) is 11.9. The number of carbonyl (C=O) groups excluding carboxylic acids is 2. The number of hydrogen-bond donors (Lipinski definition) is 1. The van der Waals surface area contributed by atoms with Gasteiger partial charge in [0.05, 0.1) is 0 Å². The minimum Gasteiger partial charge on any atom is -0.478 e. The van der Waals surface area contributed by atoms with Crippen LogP contribution in [0.2, 0.25) is 5.02 Å². The third-order valence-electron chi connectivity index (χ3n) is 4.94. The highest BCUT2D eigenvalue weighted by molar-refractivity contribution is 6.30. The van der Waals surface area contributed by atoms with Crippen molar-refractivity contribution in [3.63, 3.8) is 0 Å². The molecular weight excluding hydrogens is 412 g/mol.